The number of rotatable bonds is 4. The van der Waals surface area contributed by atoms with Crippen LogP contribution in [-0.4, -0.2) is 26.1 Å². The van der Waals surface area contributed by atoms with Crippen molar-refractivity contribution >= 4 is 5.91 Å². The number of carbonyl (C=O) groups excluding carboxylic acids is 1. The van der Waals surface area contributed by atoms with Gasteiger partial charge in [0.05, 0.1) is 11.3 Å². The van der Waals surface area contributed by atoms with E-state index < -0.39 is 11.5 Å². The molecule has 0 aliphatic carbocycles. The fourth-order valence-electron chi connectivity index (χ4n) is 2.11. The van der Waals surface area contributed by atoms with E-state index >= 15 is 0 Å². The Hall–Kier alpha value is -3.55. The summed E-state index contributed by atoms with van der Waals surface area (Å²) in [6.07, 6.45) is 6.17. The third-order valence-electron chi connectivity index (χ3n) is 3.35. The van der Waals surface area contributed by atoms with E-state index in [1.54, 1.807) is 24.5 Å². The molecule has 3 aromatic rings. The summed E-state index contributed by atoms with van der Waals surface area (Å²) in [7, 11) is 0. The average Bonchev–Trinajstić information content (AvgIpc) is 2.61. The summed E-state index contributed by atoms with van der Waals surface area (Å²) in [5.74, 6) is -0.552. The molecule has 0 unspecified atom stereocenters. The second-order valence-electron chi connectivity index (χ2n) is 4.96. The molecule has 3 N–H and O–H groups in total. The monoisotopic (exact) mass is 323 g/mol. The molecule has 0 saturated heterocycles. The molecule has 3 rings (SSSR count). The lowest BCUT2D eigenvalue weighted by atomic mass is 10.1. The van der Waals surface area contributed by atoms with E-state index in [9.17, 15) is 14.4 Å². The summed E-state index contributed by atoms with van der Waals surface area (Å²) < 4.78 is 0. The summed E-state index contributed by atoms with van der Waals surface area (Å²) >= 11 is 0. The van der Waals surface area contributed by atoms with Gasteiger partial charge in [-0.25, -0.2) is 5.10 Å². The van der Waals surface area contributed by atoms with E-state index in [0.29, 0.717) is 0 Å². The number of hydrogen-bond donors (Lipinski definition) is 3. The fraction of sp³-hybridized carbons (Fsp3) is 0.0625. The van der Waals surface area contributed by atoms with Crippen molar-refractivity contribution in [3.8, 4) is 11.3 Å². The molecule has 3 aromatic heterocycles. The van der Waals surface area contributed by atoms with Crippen molar-refractivity contribution in [1.29, 1.82) is 0 Å². The number of H-pyrrole nitrogens is 2. The molecule has 0 aliphatic heterocycles. The first-order chi connectivity index (χ1) is 11.6. The number of nitrogens with one attached hydrogen (secondary N) is 3. The second-order valence-corrected chi connectivity index (χ2v) is 4.96. The van der Waals surface area contributed by atoms with Gasteiger partial charge in [-0.3, -0.25) is 19.4 Å². The van der Waals surface area contributed by atoms with Crippen LogP contribution in [-0.2, 0) is 6.54 Å². The summed E-state index contributed by atoms with van der Waals surface area (Å²) in [6, 6.07) is 6.15. The maximum absolute atomic E-state index is 12.2. The minimum absolute atomic E-state index is 0.114. The first-order valence-corrected chi connectivity index (χ1v) is 7.09. The third kappa shape index (κ3) is 3.27. The Bertz CT molecular complexity index is 979. The molecule has 8 nitrogen and oxygen atoms in total. The van der Waals surface area contributed by atoms with Gasteiger partial charge in [-0.15, -0.1) is 0 Å². The van der Waals surface area contributed by atoms with Gasteiger partial charge in [0.1, 0.15) is 5.56 Å². The van der Waals surface area contributed by atoms with Crippen LogP contribution in [0.5, 0.6) is 0 Å². The van der Waals surface area contributed by atoms with Crippen molar-refractivity contribution in [3.05, 3.63) is 80.8 Å². The molecule has 0 aliphatic rings. The number of amides is 1. The van der Waals surface area contributed by atoms with E-state index in [0.717, 1.165) is 5.56 Å². The van der Waals surface area contributed by atoms with Crippen LogP contribution >= 0.6 is 0 Å². The van der Waals surface area contributed by atoms with Crippen LogP contribution in [0.15, 0.2) is 58.6 Å². The van der Waals surface area contributed by atoms with Crippen molar-refractivity contribution in [3.63, 3.8) is 0 Å². The number of aromatic amines is 2. The zero-order valence-electron chi connectivity index (χ0n) is 12.4. The Morgan fingerprint density at radius 3 is 2.71 bits per heavy atom. The lowest BCUT2D eigenvalue weighted by Crippen LogP contribution is -2.30. The first-order valence-electron chi connectivity index (χ1n) is 7.09. The molecule has 24 heavy (non-hydrogen) atoms. The van der Waals surface area contributed by atoms with Crippen LogP contribution in [0.25, 0.3) is 11.3 Å². The summed E-state index contributed by atoms with van der Waals surface area (Å²) in [5, 5.41) is 8.72. The summed E-state index contributed by atoms with van der Waals surface area (Å²) in [5.41, 5.74) is 0.318. The lowest BCUT2D eigenvalue weighted by Gasteiger charge is -2.06. The van der Waals surface area contributed by atoms with Crippen molar-refractivity contribution < 1.29 is 4.79 Å². The van der Waals surface area contributed by atoms with E-state index in [2.05, 4.69) is 25.5 Å². The van der Waals surface area contributed by atoms with Crippen LogP contribution in [0.4, 0.5) is 0 Å². The Morgan fingerprint density at radius 1 is 1.17 bits per heavy atom. The molecule has 120 valence electrons. The molecule has 0 fully saturated rings. The van der Waals surface area contributed by atoms with Gasteiger partial charge < -0.3 is 10.3 Å². The largest absolute Gasteiger partial charge is 0.367 e. The first kappa shape index (κ1) is 15.3. The Morgan fingerprint density at radius 2 is 1.96 bits per heavy atom. The zero-order chi connectivity index (χ0) is 16.9. The van der Waals surface area contributed by atoms with Gasteiger partial charge in [0.15, 0.2) is 5.43 Å². The molecule has 0 spiro atoms. The highest BCUT2D eigenvalue weighted by Gasteiger charge is 2.14. The Kier molecular flexibility index (Phi) is 4.28. The molecule has 1 amide bonds. The molecule has 0 radical (unpaired) electrons. The quantitative estimate of drug-likeness (QED) is 0.644. The maximum atomic E-state index is 12.2. The van der Waals surface area contributed by atoms with E-state index in [1.807, 2.05) is 0 Å². The molecular formula is C16H13N5O3. The standard InChI is InChI=1S/C16H13N5O3/c22-14-3-6-18-9-12(14)13-7-11(16(24)21-20-13)15(23)19-8-10-1-4-17-5-2-10/h1-7,9H,8H2,(H,18,22)(H,19,23)(H,21,24). The molecule has 3 heterocycles. The molecular weight excluding hydrogens is 310 g/mol. The fourth-order valence-corrected chi connectivity index (χ4v) is 2.11. The molecule has 0 saturated carbocycles. The lowest BCUT2D eigenvalue weighted by molar-refractivity contribution is 0.0949. The summed E-state index contributed by atoms with van der Waals surface area (Å²) in [4.78, 5) is 42.6. The number of pyridine rings is 2. The SMILES string of the molecule is O=C(NCc1ccncc1)c1cc(-c2c[nH]ccc2=O)n[nH]c1=O. The smallest absolute Gasteiger partial charge is 0.277 e. The normalized spacial score (nSPS) is 10.3. The van der Waals surface area contributed by atoms with Crippen LogP contribution in [0.2, 0.25) is 0 Å². The highest BCUT2D eigenvalue weighted by Crippen LogP contribution is 2.10. The van der Waals surface area contributed by atoms with Crippen LogP contribution in [0.1, 0.15) is 15.9 Å². The number of hydrogen-bond acceptors (Lipinski definition) is 5. The third-order valence-corrected chi connectivity index (χ3v) is 3.35. The zero-order valence-corrected chi connectivity index (χ0v) is 12.4. The number of nitrogens with zero attached hydrogens (tertiary/aromatic N) is 2. The summed E-state index contributed by atoms with van der Waals surface area (Å²) in [6.45, 7) is 0.254. The molecule has 0 atom stereocenters. The Balaban J connectivity index is 1.86. The minimum Gasteiger partial charge on any atom is -0.367 e. The van der Waals surface area contributed by atoms with E-state index in [1.165, 1.54) is 24.5 Å². The van der Waals surface area contributed by atoms with Gasteiger partial charge in [0, 0.05) is 37.4 Å². The van der Waals surface area contributed by atoms with Crippen LogP contribution in [0.3, 0.4) is 0 Å². The van der Waals surface area contributed by atoms with Crippen molar-refractivity contribution in [2.75, 3.05) is 0 Å². The van der Waals surface area contributed by atoms with Crippen LogP contribution in [0, 0.1) is 0 Å². The van der Waals surface area contributed by atoms with Crippen molar-refractivity contribution in [2.24, 2.45) is 0 Å². The second kappa shape index (κ2) is 6.69. The number of carbonyl (C=O) groups is 1. The van der Waals surface area contributed by atoms with Crippen molar-refractivity contribution in [1.82, 2.24) is 25.5 Å². The Labute approximate surface area is 135 Å². The van der Waals surface area contributed by atoms with Crippen LogP contribution < -0.4 is 16.3 Å². The molecule has 0 aromatic carbocycles. The van der Waals surface area contributed by atoms with Gasteiger partial charge >= 0.3 is 0 Å². The van der Waals surface area contributed by atoms with E-state index in [4.69, 9.17) is 0 Å². The number of aromatic nitrogens is 4. The molecule has 0 bridgehead atoms. The van der Waals surface area contributed by atoms with Gasteiger partial charge in [-0.2, -0.15) is 5.10 Å². The van der Waals surface area contributed by atoms with Gasteiger partial charge in [0.2, 0.25) is 0 Å². The minimum atomic E-state index is -0.627. The highest BCUT2D eigenvalue weighted by atomic mass is 16.2. The van der Waals surface area contributed by atoms with E-state index in [-0.39, 0.29) is 28.8 Å². The predicted octanol–water partition coefficient (Wildman–Crippen LogP) is 0.450. The van der Waals surface area contributed by atoms with Gasteiger partial charge in [-0.05, 0) is 23.8 Å². The topological polar surface area (TPSA) is 121 Å². The predicted molar refractivity (Wildman–Crippen MR) is 86.3 cm³/mol. The average molecular weight is 323 g/mol. The molecule has 8 heteroatoms. The van der Waals surface area contributed by atoms with Gasteiger partial charge in [-0.1, -0.05) is 0 Å². The van der Waals surface area contributed by atoms with Crippen molar-refractivity contribution in [2.45, 2.75) is 6.54 Å². The van der Waals surface area contributed by atoms with Gasteiger partial charge in [0.25, 0.3) is 11.5 Å². The maximum Gasteiger partial charge on any atom is 0.277 e. The highest BCUT2D eigenvalue weighted by molar-refractivity contribution is 5.94.